The summed E-state index contributed by atoms with van der Waals surface area (Å²) in [6, 6.07) is 0. The van der Waals surface area contributed by atoms with E-state index in [0.717, 1.165) is 0 Å². The maximum atomic E-state index is 11.3. The standard InChI is InChI=1S/C14H20O9/c1-7(15)19-6-12-14(22-10(4)18)11(20-8(2)16)5-13(23-12)21-9(3)17/h11-14H,5-6H2,1-4H3/t11-,12-,13-,14+/m1/s1. The smallest absolute Gasteiger partial charge is 0.304 e. The zero-order chi connectivity index (χ0) is 17.6. The first-order valence-corrected chi connectivity index (χ1v) is 6.99. The average molecular weight is 332 g/mol. The van der Waals surface area contributed by atoms with E-state index < -0.39 is 48.5 Å². The van der Waals surface area contributed by atoms with Gasteiger partial charge in [-0.05, 0) is 0 Å². The van der Waals surface area contributed by atoms with Gasteiger partial charge in [-0.25, -0.2) is 0 Å². The molecule has 0 saturated carbocycles. The molecule has 1 aliphatic rings. The van der Waals surface area contributed by atoms with E-state index in [0.29, 0.717) is 0 Å². The number of ether oxygens (including phenoxy) is 5. The summed E-state index contributed by atoms with van der Waals surface area (Å²) in [4.78, 5) is 44.6. The molecule has 1 saturated heterocycles. The van der Waals surface area contributed by atoms with Crippen LogP contribution in [0.4, 0.5) is 0 Å². The van der Waals surface area contributed by atoms with E-state index in [2.05, 4.69) is 0 Å². The SMILES string of the molecule is CC(=O)OC[C@H]1O[C@@H](OC(C)=O)C[C@@H](OC(C)=O)[C@@H]1OC(C)=O. The third-order valence-corrected chi connectivity index (χ3v) is 2.85. The highest BCUT2D eigenvalue weighted by atomic mass is 16.7. The molecule has 9 heteroatoms. The lowest BCUT2D eigenvalue weighted by Crippen LogP contribution is -2.54. The van der Waals surface area contributed by atoms with Crippen LogP contribution in [0.5, 0.6) is 0 Å². The quantitative estimate of drug-likeness (QED) is 0.510. The Morgan fingerprint density at radius 1 is 0.870 bits per heavy atom. The summed E-state index contributed by atoms with van der Waals surface area (Å²) in [5.41, 5.74) is 0. The molecule has 0 spiro atoms. The normalized spacial score (nSPS) is 26.8. The largest absolute Gasteiger partial charge is 0.463 e. The van der Waals surface area contributed by atoms with E-state index in [9.17, 15) is 19.2 Å². The number of hydrogen-bond acceptors (Lipinski definition) is 9. The van der Waals surface area contributed by atoms with Crippen LogP contribution in [0.2, 0.25) is 0 Å². The fraction of sp³-hybridized carbons (Fsp3) is 0.714. The van der Waals surface area contributed by atoms with E-state index in [-0.39, 0.29) is 13.0 Å². The minimum absolute atomic E-state index is 0.00627. The molecule has 1 fully saturated rings. The van der Waals surface area contributed by atoms with Gasteiger partial charge in [0.05, 0.1) is 6.42 Å². The van der Waals surface area contributed by atoms with Gasteiger partial charge in [0.25, 0.3) is 0 Å². The Morgan fingerprint density at radius 2 is 1.43 bits per heavy atom. The molecule has 1 rings (SSSR count). The zero-order valence-corrected chi connectivity index (χ0v) is 13.4. The minimum atomic E-state index is -1.01. The maximum Gasteiger partial charge on any atom is 0.304 e. The van der Waals surface area contributed by atoms with Gasteiger partial charge in [-0.3, -0.25) is 19.2 Å². The summed E-state index contributed by atoms with van der Waals surface area (Å²) in [6.07, 6.45) is -3.83. The predicted octanol–water partition coefficient (Wildman–Crippen LogP) is 0.0910. The number of hydrogen-bond donors (Lipinski definition) is 0. The Balaban J connectivity index is 2.94. The molecule has 1 heterocycles. The van der Waals surface area contributed by atoms with Crippen molar-refractivity contribution >= 4 is 23.9 Å². The molecule has 0 aromatic heterocycles. The highest BCUT2D eigenvalue weighted by molar-refractivity contribution is 5.68. The summed E-state index contributed by atoms with van der Waals surface area (Å²) in [5, 5.41) is 0. The van der Waals surface area contributed by atoms with Crippen LogP contribution < -0.4 is 0 Å². The second-order valence-electron chi connectivity index (χ2n) is 4.97. The first-order valence-electron chi connectivity index (χ1n) is 6.99. The van der Waals surface area contributed by atoms with Crippen LogP contribution in [0.25, 0.3) is 0 Å². The molecule has 0 bridgehead atoms. The molecule has 0 aromatic carbocycles. The van der Waals surface area contributed by atoms with Crippen LogP contribution in [0, 0.1) is 0 Å². The van der Waals surface area contributed by atoms with Gasteiger partial charge in [0.2, 0.25) is 6.29 Å². The Bertz CT molecular complexity index is 473. The van der Waals surface area contributed by atoms with Gasteiger partial charge in [0.15, 0.2) is 6.10 Å². The number of esters is 4. The lowest BCUT2D eigenvalue weighted by atomic mass is 10.0. The van der Waals surface area contributed by atoms with E-state index in [1.807, 2.05) is 0 Å². The lowest BCUT2D eigenvalue weighted by Gasteiger charge is -2.39. The van der Waals surface area contributed by atoms with Crippen molar-refractivity contribution in [2.45, 2.75) is 58.7 Å². The van der Waals surface area contributed by atoms with Crippen molar-refractivity contribution in [3.63, 3.8) is 0 Å². The summed E-state index contributed by atoms with van der Waals surface area (Å²) in [6.45, 7) is 4.54. The fourth-order valence-corrected chi connectivity index (χ4v) is 2.16. The van der Waals surface area contributed by atoms with Crippen molar-refractivity contribution in [3.8, 4) is 0 Å². The first kappa shape index (κ1) is 18.9. The molecular formula is C14H20O9. The number of carbonyl (C=O) groups excluding carboxylic acids is 4. The molecule has 4 atom stereocenters. The topological polar surface area (TPSA) is 114 Å². The number of rotatable bonds is 5. The van der Waals surface area contributed by atoms with Crippen LogP contribution in [0.1, 0.15) is 34.1 Å². The summed E-state index contributed by atoms with van der Waals surface area (Å²) in [5.74, 6) is -2.36. The molecule has 0 radical (unpaired) electrons. The summed E-state index contributed by atoms with van der Waals surface area (Å²) in [7, 11) is 0. The summed E-state index contributed by atoms with van der Waals surface area (Å²) < 4.78 is 25.6. The highest BCUT2D eigenvalue weighted by Gasteiger charge is 2.44. The predicted molar refractivity (Wildman–Crippen MR) is 72.8 cm³/mol. The van der Waals surface area contributed by atoms with Gasteiger partial charge in [-0.15, -0.1) is 0 Å². The summed E-state index contributed by atoms with van der Waals surface area (Å²) >= 11 is 0. The van der Waals surface area contributed by atoms with Crippen molar-refractivity contribution in [2.75, 3.05) is 6.61 Å². The van der Waals surface area contributed by atoms with Gasteiger partial charge in [-0.2, -0.15) is 0 Å². The van der Waals surface area contributed by atoms with E-state index in [4.69, 9.17) is 23.7 Å². The zero-order valence-electron chi connectivity index (χ0n) is 13.4. The third-order valence-electron chi connectivity index (χ3n) is 2.85. The fourth-order valence-electron chi connectivity index (χ4n) is 2.16. The van der Waals surface area contributed by atoms with Crippen molar-refractivity contribution in [1.82, 2.24) is 0 Å². The molecule has 0 N–H and O–H groups in total. The maximum absolute atomic E-state index is 11.3. The van der Waals surface area contributed by atoms with Crippen LogP contribution in [-0.4, -0.2) is 55.1 Å². The Morgan fingerprint density at radius 3 is 1.91 bits per heavy atom. The monoisotopic (exact) mass is 332 g/mol. The molecule has 1 aliphatic heterocycles. The van der Waals surface area contributed by atoms with Gasteiger partial charge >= 0.3 is 23.9 Å². The molecule has 0 unspecified atom stereocenters. The molecule has 0 aromatic rings. The van der Waals surface area contributed by atoms with Crippen LogP contribution in [-0.2, 0) is 42.9 Å². The molecule has 0 aliphatic carbocycles. The van der Waals surface area contributed by atoms with Crippen molar-refractivity contribution in [2.24, 2.45) is 0 Å². The van der Waals surface area contributed by atoms with Gasteiger partial charge in [0, 0.05) is 27.7 Å². The Hall–Kier alpha value is -2.16. The minimum Gasteiger partial charge on any atom is -0.463 e. The van der Waals surface area contributed by atoms with Crippen molar-refractivity contribution < 1.29 is 42.9 Å². The van der Waals surface area contributed by atoms with Crippen molar-refractivity contribution in [1.29, 1.82) is 0 Å². The molecule has 23 heavy (non-hydrogen) atoms. The van der Waals surface area contributed by atoms with E-state index >= 15 is 0 Å². The lowest BCUT2D eigenvalue weighted by molar-refractivity contribution is -0.260. The van der Waals surface area contributed by atoms with Crippen LogP contribution >= 0.6 is 0 Å². The molecule has 0 amide bonds. The second-order valence-corrected chi connectivity index (χ2v) is 4.97. The van der Waals surface area contributed by atoms with Gasteiger partial charge < -0.3 is 23.7 Å². The molecule has 9 nitrogen and oxygen atoms in total. The van der Waals surface area contributed by atoms with Crippen molar-refractivity contribution in [3.05, 3.63) is 0 Å². The highest BCUT2D eigenvalue weighted by Crippen LogP contribution is 2.27. The second kappa shape index (κ2) is 8.47. The Labute approximate surface area is 133 Å². The van der Waals surface area contributed by atoms with Crippen LogP contribution in [0.3, 0.4) is 0 Å². The van der Waals surface area contributed by atoms with Gasteiger partial charge in [-0.1, -0.05) is 0 Å². The van der Waals surface area contributed by atoms with Crippen LogP contribution in [0.15, 0.2) is 0 Å². The van der Waals surface area contributed by atoms with E-state index in [1.165, 1.54) is 27.7 Å². The van der Waals surface area contributed by atoms with E-state index in [1.54, 1.807) is 0 Å². The number of carbonyl (C=O) groups is 4. The average Bonchev–Trinajstić information content (AvgIpc) is 2.37. The molecular weight excluding hydrogens is 312 g/mol. The molecule has 130 valence electrons. The van der Waals surface area contributed by atoms with Gasteiger partial charge in [0.1, 0.15) is 18.8 Å². The Kier molecular flexibility index (Phi) is 6.95. The third kappa shape index (κ3) is 6.64. The first-order chi connectivity index (χ1) is 10.7.